The lowest BCUT2D eigenvalue weighted by Gasteiger charge is -2.16. The molecule has 1 unspecified atom stereocenters. The molecule has 0 aliphatic rings. The standard InChI is InChI=1S/C7H16NO/c1-4-5-6-7(9)8(2)3/h7,9H,2,4-6H2,1,3H3. The van der Waals surface area contributed by atoms with E-state index < -0.39 is 0 Å². The van der Waals surface area contributed by atoms with Crippen molar-refractivity contribution >= 4 is 0 Å². The molecular weight excluding hydrogens is 114 g/mol. The van der Waals surface area contributed by atoms with E-state index >= 15 is 0 Å². The summed E-state index contributed by atoms with van der Waals surface area (Å²) in [5.41, 5.74) is 0. The number of aliphatic hydroxyl groups is 1. The maximum absolute atomic E-state index is 9.12. The molecule has 0 aromatic heterocycles. The largest absolute Gasteiger partial charge is 0.378 e. The fraction of sp³-hybridized carbons (Fsp3) is 0.857. The minimum Gasteiger partial charge on any atom is -0.378 e. The van der Waals surface area contributed by atoms with E-state index in [9.17, 15) is 0 Å². The summed E-state index contributed by atoms with van der Waals surface area (Å²) in [6, 6.07) is 0. The van der Waals surface area contributed by atoms with E-state index in [0.717, 1.165) is 19.3 Å². The van der Waals surface area contributed by atoms with Gasteiger partial charge in [0, 0.05) is 7.05 Å². The van der Waals surface area contributed by atoms with Crippen LogP contribution in [0, 0.1) is 7.05 Å². The third kappa shape index (κ3) is 4.43. The average molecular weight is 130 g/mol. The molecular formula is C7H16NO. The second-order valence-corrected chi connectivity index (χ2v) is 2.38. The van der Waals surface area contributed by atoms with E-state index in [1.54, 1.807) is 11.9 Å². The first-order chi connectivity index (χ1) is 4.18. The van der Waals surface area contributed by atoms with Crippen LogP contribution >= 0.6 is 0 Å². The van der Waals surface area contributed by atoms with Crippen LogP contribution in [0.2, 0.25) is 0 Å². The molecule has 0 saturated heterocycles. The molecule has 0 aliphatic carbocycles. The Kier molecular flexibility index (Phi) is 4.72. The highest BCUT2D eigenvalue weighted by Crippen LogP contribution is 2.01. The number of rotatable bonds is 4. The van der Waals surface area contributed by atoms with E-state index in [2.05, 4.69) is 14.0 Å². The Morgan fingerprint density at radius 1 is 1.67 bits per heavy atom. The van der Waals surface area contributed by atoms with E-state index in [4.69, 9.17) is 5.11 Å². The van der Waals surface area contributed by atoms with Crippen LogP contribution < -0.4 is 0 Å². The number of hydrogen-bond donors (Lipinski definition) is 1. The minimum absolute atomic E-state index is 0.357. The molecule has 9 heavy (non-hydrogen) atoms. The van der Waals surface area contributed by atoms with Crippen LogP contribution in [0.5, 0.6) is 0 Å². The number of unbranched alkanes of at least 4 members (excludes halogenated alkanes) is 1. The molecule has 0 rings (SSSR count). The first kappa shape index (κ1) is 8.92. The zero-order valence-corrected chi connectivity index (χ0v) is 6.30. The van der Waals surface area contributed by atoms with Crippen molar-refractivity contribution in [1.29, 1.82) is 0 Å². The fourth-order valence-electron chi connectivity index (χ4n) is 0.607. The van der Waals surface area contributed by atoms with Gasteiger partial charge in [-0.25, -0.2) is 0 Å². The summed E-state index contributed by atoms with van der Waals surface area (Å²) in [6.07, 6.45) is 2.67. The van der Waals surface area contributed by atoms with Crippen LogP contribution in [0.15, 0.2) is 0 Å². The predicted molar refractivity (Wildman–Crippen MR) is 38.7 cm³/mol. The molecule has 1 N–H and O–H groups in total. The Hall–Kier alpha value is -0.0800. The number of nitrogens with zero attached hydrogens (tertiary/aromatic N) is 1. The summed E-state index contributed by atoms with van der Waals surface area (Å²) in [5.74, 6) is 0. The summed E-state index contributed by atoms with van der Waals surface area (Å²) in [6.45, 7) is 2.11. The van der Waals surface area contributed by atoms with Crippen LogP contribution in [-0.2, 0) is 0 Å². The van der Waals surface area contributed by atoms with Gasteiger partial charge in [-0.2, -0.15) is 0 Å². The van der Waals surface area contributed by atoms with Gasteiger partial charge in [0.15, 0.2) is 0 Å². The normalized spacial score (nSPS) is 14.3. The van der Waals surface area contributed by atoms with Gasteiger partial charge in [-0.1, -0.05) is 13.3 Å². The smallest absolute Gasteiger partial charge is 0.107 e. The lowest BCUT2D eigenvalue weighted by molar-refractivity contribution is 0.0434. The van der Waals surface area contributed by atoms with Gasteiger partial charge in [-0.15, -0.1) is 0 Å². The summed E-state index contributed by atoms with van der Waals surface area (Å²) in [7, 11) is 5.35. The number of hydrogen-bond acceptors (Lipinski definition) is 2. The van der Waals surface area contributed by atoms with E-state index in [1.807, 2.05) is 0 Å². The SMILES string of the molecule is [CH2]N(C)C(O)CCCC. The first-order valence-corrected chi connectivity index (χ1v) is 3.40. The van der Waals surface area contributed by atoms with Gasteiger partial charge in [0.1, 0.15) is 6.23 Å². The van der Waals surface area contributed by atoms with Crippen molar-refractivity contribution in [2.75, 3.05) is 7.05 Å². The molecule has 0 aromatic rings. The summed E-state index contributed by atoms with van der Waals surface area (Å²) >= 11 is 0. The molecule has 0 aliphatic heterocycles. The Balaban J connectivity index is 3.16. The van der Waals surface area contributed by atoms with Crippen molar-refractivity contribution in [2.45, 2.75) is 32.4 Å². The molecule has 2 nitrogen and oxygen atoms in total. The molecule has 0 amide bonds. The average Bonchev–Trinajstić information content (AvgIpc) is 1.82. The Morgan fingerprint density at radius 2 is 2.22 bits per heavy atom. The van der Waals surface area contributed by atoms with Gasteiger partial charge in [-0.05, 0) is 19.9 Å². The van der Waals surface area contributed by atoms with Crippen LogP contribution in [0.3, 0.4) is 0 Å². The van der Waals surface area contributed by atoms with Crippen molar-refractivity contribution in [1.82, 2.24) is 4.90 Å². The van der Waals surface area contributed by atoms with Gasteiger partial charge in [0.25, 0.3) is 0 Å². The Labute approximate surface area is 57.5 Å². The second-order valence-electron chi connectivity index (χ2n) is 2.38. The Morgan fingerprint density at radius 3 is 2.56 bits per heavy atom. The van der Waals surface area contributed by atoms with E-state index in [1.165, 1.54) is 0 Å². The molecule has 2 heteroatoms. The lowest BCUT2D eigenvalue weighted by Crippen LogP contribution is -2.24. The minimum atomic E-state index is -0.357. The molecule has 1 atom stereocenters. The topological polar surface area (TPSA) is 23.5 Å². The van der Waals surface area contributed by atoms with Crippen molar-refractivity contribution in [3.63, 3.8) is 0 Å². The molecule has 55 valence electrons. The van der Waals surface area contributed by atoms with Crippen LogP contribution in [0.1, 0.15) is 26.2 Å². The van der Waals surface area contributed by atoms with Gasteiger partial charge in [0.2, 0.25) is 0 Å². The van der Waals surface area contributed by atoms with Crippen LogP contribution in [0.4, 0.5) is 0 Å². The summed E-state index contributed by atoms with van der Waals surface area (Å²) < 4.78 is 0. The van der Waals surface area contributed by atoms with Gasteiger partial charge >= 0.3 is 0 Å². The summed E-state index contributed by atoms with van der Waals surface area (Å²) in [5, 5.41) is 9.12. The zero-order chi connectivity index (χ0) is 7.28. The van der Waals surface area contributed by atoms with Crippen molar-refractivity contribution in [3.8, 4) is 0 Å². The van der Waals surface area contributed by atoms with Gasteiger partial charge in [0.05, 0.1) is 0 Å². The van der Waals surface area contributed by atoms with Crippen LogP contribution in [-0.4, -0.2) is 23.3 Å². The predicted octanol–water partition coefficient (Wildman–Crippen LogP) is 1.22. The highest BCUT2D eigenvalue weighted by atomic mass is 16.3. The third-order valence-corrected chi connectivity index (χ3v) is 1.32. The molecule has 0 aromatic carbocycles. The molecule has 0 spiro atoms. The third-order valence-electron chi connectivity index (χ3n) is 1.32. The molecule has 1 radical (unpaired) electrons. The molecule has 0 bridgehead atoms. The van der Waals surface area contributed by atoms with Gasteiger partial charge in [-0.3, -0.25) is 4.90 Å². The monoisotopic (exact) mass is 130 g/mol. The first-order valence-electron chi connectivity index (χ1n) is 3.40. The molecule has 0 fully saturated rings. The zero-order valence-electron chi connectivity index (χ0n) is 6.30. The highest BCUT2D eigenvalue weighted by Gasteiger charge is 2.03. The van der Waals surface area contributed by atoms with Crippen molar-refractivity contribution < 1.29 is 5.11 Å². The quantitative estimate of drug-likeness (QED) is 0.578. The van der Waals surface area contributed by atoms with Gasteiger partial charge < -0.3 is 5.11 Å². The molecule has 0 heterocycles. The lowest BCUT2D eigenvalue weighted by atomic mass is 10.2. The Bertz CT molecular complexity index is 63.9. The molecule has 0 saturated carbocycles. The van der Waals surface area contributed by atoms with Crippen molar-refractivity contribution in [3.05, 3.63) is 7.05 Å². The number of aliphatic hydroxyl groups excluding tert-OH is 1. The fourth-order valence-corrected chi connectivity index (χ4v) is 0.607. The maximum atomic E-state index is 9.12. The highest BCUT2D eigenvalue weighted by molar-refractivity contribution is 4.53. The summed E-state index contributed by atoms with van der Waals surface area (Å²) in [4.78, 5) is 1.58. The second kappa shape index (κ2) is 4.77. The van der Waals surface area contributed by atoms with Crippen molar-refractivity contribution in [2.24, 2.45) is 0 Å². The van der Waals surface area contributed by atoms with Crippen LogP contribution in [0.25, 0.3) is 0 Å². The van der Waals surface area contributed by atoms with E-state index in [0.29, 0.717) is 0 Å². The van der Waals surface area contributed by atoms with E-state index in [-0.39, 0.29) is 6.23 Å². The maximum Gasteiger partial charge on any atom is 0.107 e.